The van der Waals surface area contributed by atoms with Crippen LogP contribution in [0.2, 0.25) is 0 Å². The summed E-state index contributed by atoms with van der Waals surface area (Å²) in [4.78, 5) is 0. The molecule has 2 heteroatoms. The zero-order chi connectivity index (χ0) is 17.3. The fourth-order valence-electron chi connectivity index (χ4n) is 2.52. The fraction of sp³-hybridized carbons (Fsp3) is 0.130. The van der Waals surface area contributed by atoms with Crippen LogP contribution in [0.3, 0.4) is 0 Å². The molecular weight excluding hydrogens is 308 g/mol. The maximum Gasteiger partial charge on any atom is 0.184 e. The Hall–Kier alpha value is -2.68. The lowest BCUT2D eigenvalue weighted by molar-refractivity contribution is -0.161. The van der Waals surface area contributed by atoms with Gasteiger partial charge < -0.3 is 9.47 Å². The molecule has 0 fully saturated rings. The maximum absolute atomic E-state index is 6.06. The summed E-state index contributed by atoms with van der Waals surface area (Å²) in [6.07, 6.45) is 1.41. The Kier molecular flexibility index (Phi) is 6.16. The Morgan fingerprint density at radius 3 is 1.60 bits per heavy atom. The predicted molar refractivity (Wildman–Crippen MR) is 102 cm³/mol. The monoisotopic (exact) mass is 330 g/mol. The van der Waals surface area contributed by atoms with E-state index in [9.17, 15) is 0 Å². The summed E-state index contributed by atoms with van der Waals surface area (Å²) in [6.45, 7) is 4.80. The molecule has 0 saturated carbocycles. The van der Waals surface area contributed by atoms with Crippen molar-refractivity contribution in [3.8, 4) is 0 Å². The summed E-state index contributed by atoms with van der Waals surface area (Å²) in [5.74, 6) is 0. The second-order valence-corrected chi connectivity index (χ2v) is 5.80. The van der Waals surface area contributed by atoms with E-state index in [1.165, 1.54) is 0 Å². The van der Waals surface area contributed by atoms with Crippen molar-refractivity contribution in [2.75, 3.05) is 0 Å². The van der Waals surface area contributed by atoms with Gasteiger partial charge in [0.1, 0.15) is 0 Å². The Labute approximate surface area is 149 Å². The van der Waals surface area contributed by atoms with E-state index in [0.29, 0.717) is 13.2 Å². The van der Waals surface area contributed by atoms with Crippen LogP contribution < -0.4 is 0 Å². The van der Waals surface area contributed by atoms with Crippen molar-refractivity contribution < 1.29 is 9.47 Å². The average Bonchev–Trinajstić information content (AvgIpc) is 2.70. The zero-order valence-corrected chi connectivity index (χ0v) is 14.2. The first-order valence-electron chi connectivity index (χ1n) is 8.38. The van der Waals surface area contributed by atoms with Crippen LogP contribution in [0.5, 0.6) is 0 Å². The fourth-order valence-corrected chi connectivity index (χ4v) is 2.52. The standard InChI is InChI=1S/C23H22O2/c1-2-19-13-15-22(16-14-19)23(24-17-20-9-5-3-6-10-20)25-18-21-11-7-4-8-12-21/h2-16,23H,1,17-18H2. The van der Waals surface area contributed by atoms with Gasteiger partial charge in [-0.05, 0) is 16.7 Å². The van der Waals surface area contributed by atoms with Crippen LogP contribution in [0.15, 0.2) is 91.5 Å². The molecule has 2 nitrogen and oxygen atoms in total. The van der Waals surface area contributed by atoms with Crippen molar-refractivity contribution in [1.82, 2.24) is 0 Å². The number of ether oxygens (including phenoxy) is 2. The molecule has 0 atom stereocenters. The highest BCUT2D eigenvalue weighted by Crippen LogP contribution is 2.23. The van der Waals surface area contributed by atoms with Gasteiger partial charge in [0.25, 0.3) is 0 Å². The van der Waals surface area contributed by atoms with Crippen molar-refractivity contribution >= 4 is 6.08 Å². The molecule has 3 aromatic carbocycles. The number of hydrogen-bond acceptors (Lipinski definition) is 2. The number of hydrogen-bond donors (Lipinski definition) is 0. The van der Waals surface area contributed by atoms with Gasteiger partial charge in [0.15, 0.2) is 6.29 Å². The smallest absolute Gasteiger partial charge is 0.184 e. The summed E-state index contributed by atoms with van der Waals surface area (Å²) in [7, 11) is 0. The van der Waals surface area contributed by atoms with Gasteiger partial charge in [-0.15, -0.1) is 0 Å². The molecule has 0 bridgehead atoms. The SMILES string of the molecule is C=Cc1ccc(C(OCc2ccccc2)OCc2ccccc2)cc1. The first-order chi connectivity index (χ1) is 12.3. The van der Waals surface area contributed by atoms with Gasteiger partial charge in [0.05, 0.1) is 13.2 Å². The molecular formula is C23H22O2. The Bertz CT molecular complexity index is 721. The molecule has 0 amide bonds. The van der Waals surface area contributed by atoms with E-state index in [4.69, 9.17) is 9.47 Å². The van der Waals surface area contributed by atoms with Crippen molar-refractivity contribution in [1.29, 1.82) is 0 Å². The lowest BCUT2D eigenvalue weighted by atomic mass is 10.1. The average molecular weight is 330 g/mol. The van der Waals surface area contributed by atoms with Crippen molar-refractivity contribution in [3.05, 3.63) is 114 Å². The van der Waals surface area contributed by atoms with Crippen LogP contribution in [-0.4, -0.2) is 0 Å². The van der Waals surface area contributed by atoms with E-state index in [1.54, 1.807) is 0 Å². The van der Waals surface area contributed by atoms with Gasteiger partial charge in [-0.2, -0.15) is 0 Å². The molecule has 0 heterocycles. The first-order valence-corrected chi connectivity index (χ1v) is 8.38. The largest absolute Gasteiger partial charge is 0.344 e. The lowest BCUT2D eigenvalue weighted by Crippen LogP contribution is -2.09. The van der Waals surface area contributed by atoms with Gasteiger partial charge in [-0.25, -0.2) is 0 Å². The first kappa shape index (κ1) is 17.2. The van der Waals surface area contributed by atoms with E-state index >= 15 is 0 Å². The Balaban J connectivity index is 1.71. The van der Waals surface area contributed by atoms with Gasteiger partial charge in [-0.3, -0.25) is 0 Å². The van der Waals surface area contributed by atoms with E-state index in [-0.39, 0.29) is 0 Å². The Morgan fingerprint density at radius 1 is 0.680 bits per heavy atom. The third-order valence-corrected chi connectivity index (χ3v) is 3.93. The molecule has 3 rings (SSSR count). The van der Waals surface area contributed by atoms with E-state index in [1.807, 2.05) is 66.7 Å². The molecule has 126 valence electrons. The molecule has 0 aliphatic carbocycles. The molecule has 0 radical (unpaired) electrons. The summed E-state index contributed by atoms with van der Waals surface area (Å²) < 4.78 is 12.1. The molecule has 0 N–H and O–H groups in total. The minimum absolute atomic E-state index is 0.417. The van der Waals surface area contributed by atoms with Crippen LogP contribution in [0, 0.1) is 0 Å². The van der Waals surface area contributed by atoms with Crippen molar-refractivity contribution in [2.45, 2.75) is 19.5 Å². The van der Waals surface area contributed by atoms with Crippen LogP contribution in [0.4, 0.5) is 0 Å². The quantitative estimate of drug-likeness (QED) is 0.489. The molecule has 0 unspecified atom stereocenters. The zero-order valence-electron chi connectivity index (χ0n) is 14.2. The molecule has 3 aromatic rings. The molecule has 25 heavy (non-hydrogen) atoms. The minimum Gasteiger partial charge on any atom is -0.344 e. The van der Waals surface area contributed by atoms with Crippen molar-refractivity contribution in [3.63, 3.8) is 0 Å². The van der Waals surface area contributed by atoms with Gasteiger partial charge in [0, 0.05) is 5.56 Å². The second kappa shape index (κ2) is 8.97. The summed E-state index contributed by atoms with van der Waals surface area (Å²) >= 11 is 0. The lowest BCUT2D eigenvalue weighted by Gasteiger charge is -2.19. The second-order valence-electron chi connectivity index (χ2n) is 5.80. The van der Waals surface area contributed by atoms with Crippen molar-refractivity contribution in [2.24, 2.45) is 0 Å². The van der Waals surface area contributed by atoms with Crippen LogP contribution in [0.1, 0.15) is 28.5 Å². The predicted octanol–water partition coefficient (Wildman–Crippen LogP) is 5.76. The van der Waals surface area contributed by atoms with E-state index in [2.05, 4.69) is 30.8 Å². The molecule has 0 saturated heterocycles. The van der Waals surface area contributed by atoms with Crippen LogP contribution >= 0.6 is 0 Å². The Morgan fingerprint density at radius 2 is 1.16 bits per heavy atom. The molecule has 0 aliphatic heterocycles. The third kappa shape index (κ3) is 5.15. The van der Waals surface area contributed by atoms with Crippen LogP contribution in [-0.2, 0) is 22.7 Å². The summed E-state index contributed by atoms with van der Waals surface area (Å²) in [5, 5.41) is 0. The molecule has 0 aliphatic rings. The topological polar surface area (TPSA) is 18.5 Å². The third-order valence-electron chi connectivity index (χ3n) is 3.93. The van der Waals surface area contributed by atoms with Gasteiger partial charge in [-0.1, -0.05) is 97.6 Å². The minimum atomic E-state index is -0.417. The van der Waals surface area contributed by atoms with E-state index < -0.39 is 6.29 Å². The van der Waals surface area contributed by atoms with Gasteiger partial charge >= 0.3 is 0 Å². The summed E-state index contributed by atoms with van der Waals surface area (Å²) in [5.41, 5.74) is 4.32. The maximum atomic E-state index is 6.06. The number of rotatable bonds is 8. The van der Waals surface area contributed by atoms with E-state index in [0.717, 1.165) is 22.3 Å². The molecule has 0 spiro atoms. The number of benzene rings is 3. The highest BCUT2D eigenvalue weighted by Gasteiger charge is 2.13. The highest BCUT2D eigenvalue weighted by atomic mass is 16.7. The molecule has 0 aromatic heterocycles. The van der Waals surface area contributed by atoms with Gasteiger partial charge in [0.2, 0.25) is 0 Å². The summed E-state index contributed by atoms with van der Waals surface area (Å²) in [6, 6.07) is 28.3. The highest BCUT2D eigenvalue weighted by molar-refractivity contribution is 5.47. The normalized spacial score (nSPS) is 10.8. The van der Waals surface area contributed by atoms with Crippen LogP contribution in [0.25, 0.3) is 6.08 Å².